The molecule has 4 rings (SSSR count). The molecule has 27 heavy (non-hydrogen) atoms. The third-order valence-electron chi connectivity index (χ3n) is 6.39. The fourth-order valence-corrected chi connectivity index (χ4v) is 4.90. The lowest BCUT2D eigenvalue weighted by molar-refractivity contribution is -0.131. The number of anilines is 1. The van der Waals surface area contributed by atoms with Gasteiger partial charge in [0.25, 0.3) is 0 Å². The number of fused-ring (bicyclic) bond motifs is 2. The van der Waals surface area contributed by atoms with Gasteiger partial charge in [0, 0.05) is 57.6 Å². The monoisotopic (exact) mass is 372 g/mol. The van der Waals surface area contributed by atoms with Crippen molar-refractivity contribution in [2.24, 2.45) is 23.5 Å². The van der Waals surface area contributed by atoms with E-state index in [9.17, 15) is 9.59 Å². The van der Waals surface area contributed by atoms with E-state index in [0.29, 0.717) is 43.8 Å². The molecular weight excluding hydrogens is 344 g/mol. The molecule has 0 spiro atoms. The quantitative estimate of drug-likeness (QED) is 0.754. The summed E-state index contributed by atoms with van der Waals surface area (Å²) in [5, 5.41) is 2.95. The Hall–Kier alpha value is -2.22. The molecule has 0 radical (unpaired) electrons. The van der Waals surface area contributed by atoms with Gasteiger partial charge in [-0.2, -0.15) is 0 Å². The molecule has 146 valence electrons. The summed E-state index contributed by atoms with van der Waals surface area (Å²) in [6.45, 7) is 3.15. The summed E-state index contributed by atoms with van der Waals surface area (Å²) in [6, 6.07) is 1.79. The first-order chi connectivity index (χ1) is 13.1. The first-order valence-electron chi connectivity index (χ1n) is 9.96. The zero-order valence-corrected chi connectivity index (χ0v) is 15.6. The number of hydrogen-bond acceptors (Lipinski definition) is 6. The van der Waals surface area contributed by atoms with E-state index in [1.54, 1.807) is 18.5 Å². The molecule has 8 heteroatoms. The molecule has 3 fully saturated rings. The van der Waals surface area contributed by atoms with Gasteiger partial charge in [0.05, 0.1) is 5.92 Å². The Labute approximate surface area is 159 Å². The van der Waals surface area contributed by atoms with Crippen LogP contribution in [0.4, 0.5) is 5.95 Å². The van der Waals surface area contributed by atoms with Crippen molar-refractivity contribution in [3.8, 4) is 0 Å². The summed E-state index contributed by atoms with van der Waals surface area (Å²) in [4.78, 5) is 37.4. The highest BCUT2D eigenvalue weighted by molar-refractivity contribution is 5.82. The van der Waals surface area contributed by atoms with Crippen molar-refractivity contribution in [3.05, 3.63) is 18.5 Å². The second-order valence-corrected chi connectivity index (χ2v) is 7.89. The lowest BCUT2D eigenvalue weighted by Gasteiger charge is -2.34. The van der Waals surface area contributed by atoms with E-state index in [1.165, 1.54) is 0 Å². The number of nitrogens with two attached hydrogens (primary N) is 1. The van der Waals surface area contributed by atoms with E-state index in [0.717, 1.165) is 32.4 Å². The van der Waals surface area contributed by atoms with Gasteiger partial charge in [-0.15, -0.1) is 0 Å². The maximum atomic E-state index is 12.5. The van der Waals surface area contributed by atoms with Gasteiger partial charge in [-0.3, -0.25) is 9.59 Å². The Kier molecular flexibility index (Phi) is 5.24. The number of nitrogens with one attached hydrogen (secondary N) is 1. The molecule has 2 bridgehead atoms. The van der Waals surface area contributed by atoms with Crippen molar-refractivity contribution in [1.29, 1.82) is 0 Å². The van der Waals surface area contributed by atoms with Crippen molar-refractivity contribution < 1.29 is 9.59 Å². The highest BCUT2D eigenvalue weighted by atomic mass is 16.2. The summed E-state index contributed by atoms with van der Waals surface area (Å²) < 4.78 is 0. The first kappa shape index (κ1) is 18.2. The smallest absolute Gasteiger partial charge is 0.225 e. The van der Waals surface area contributed by atoms with Crippen LogP contribution in [0.15, 0.2) is 18.5 Å². The van der Waals surface area contributed by atoms with Crippen LogP contribution in [0.25, 0.3) is 0 Å². The molecule has 3 N–H and O–H groups in total. The zero-order valence-electron chi connectivity index (χ0n) is 15.6. The van der Waals surface area contributed by atoms with E-state index in [2.05, 4.69) is 20.2 Å². The van der Waals surface area contributed by atoms with Crippen molar-refractivity contribution in [2.45, 2.75) is 31.7 Å². The third-order valence-corrected chi connectivity index (χ3v) is 6.39. The van der Waals surface area contributed by atoms with Gasteiger partial charge < -0.3 is 20.9 Å². The predicted octanol–water partition coefficient (Wildman–Crippen LogP) is 0.00490. The SMILES string of the molecule is NC1C2CCC(C2)C1C(=O)NCCC(=O)N1CCN(c2ncccn2)CC1. The minimum Gasteiger partial charge on any atom is -0.355 e. The molecule has 2 heterocycles. The molecule has 0 aromatic carbocycles. The molecule has 2 aliphatic carbocycles. The molecule has 3 aliphatic rings. The first-order valence-corrected chi connectivity index (χ1v) is 9.96. The minimum atomic E-state index is -0.0618. The van der Waals surface area contributed by atoms with Gasteiger partial charge in [0.15, 0.2) is 0 Å². The maximum absolute atomic E-state index is 12.5. The standard InChI is InChI=1S/C19H28N6O2/c20-17-14-3-2-13(12-14)16(17)18(27)21-7-4-15(26)24-8-10-25(11-9-24)19-22-5-1-6-23-19/h1,5-6,13-14,16-17H,2-4,7-12,20H2,(H,21,27). The summed E-state index contributed by atoms with van der Waals surface area (Å²) in [6.07, 6.45) is 7.16. The fourth-order valence-electron chi connectivity index (χ4n) is 4.90. The van der Waals surface area contributed by atoms with Crippen LogP contribution in [0.5, 0.6) is 0 Å². The number of rotatable bonds is 5. The van der Waals surface area contributed by atoms with Crippen molar-refractivity contribution in [1.82, 2.24) is 20.2 Å². The number of amides is 2. The van der Waals surface area contributed by atoms with Gasteiger partial charge in [-0.25, -0.2) is 9.97 Å². The van der Waals surface area contributed by atoms with Crippen LogP contribution in [-0.2, 0) is 9.59 Å². The zero-order chi connectivity index (χ0) is 18.8. The van der Waals surface area contributed by atoms with Gasteiger partial charge in [-0.05, 0) is 37.2 Å². The van der Waals surface area contributed by atoms with Gasteiger partial charge in [0.2, 0.25) is 17.8 Å². The van der Waals surface area contributed by atoms with Gasteiger partial charge in [-0.1, -0.05) is 0 Å². The third kappa shape index (κ3) is 3.76. The van der Waals surface area contributed by atoms with Crippen LogP contribution in [0.1, 0.15) is 25.7 Å². The highest BCUT2D eigenvalue weighted by Crippen LogP contribution is 2.47. The number of carbonyl (C=O) groups excluding carboxylic acids is 2. The summed E-state index contributed by atoms with van der Waals surface area (Å²) >= 11 is 0. The molecule has 2 amide bonds. The lowest BCUT2D eigenvalue weighted by atomic mass is 9.84. The Morgan fingerprint density at radius 1 is 1.11 bits per heavy atom. The second kappa shape index (κ2) is 7.80. The number of hydrogen-bond donors (Lipinski definition) is 2. The average molecular weight is 372 g/mol. The molecule has 1 saturated heterocycles. The van der Waals surface area contributed by atoms with Crippen molar-refractivity contribution >= 4 is 17.8 Å². The predicted molar refractivity (Wildman–Crippen MR) is 101 cm³/mol. The molecule has 1 aromatic rings. The van der Waals surface area contributed by atoms with E-state index in [-0.39, 0.29) is 23.8 Å². The number of aromatic nitrogens is 2. The Morgan fingerprint density at radius 3 is 2.48 bits per heavy atom. The Morgan fingerprint density at radius 2 is 1.81 bits per heavy atom. The van der Waals surface area contributed by atoms with Crippen LogP contribution < -0.4 is 16.0 Å². The average Bonchev–Trinajstić information content (AvgIpc) is 3.30. The minimum absolute atomic E-state index is 0.00673. The van der Waals surface area contributed by atoms with E-state index < -0.39 is 0 Å². The number of carbonyl (C=O) groups is 2. The van der Waals surface area contributed by atoms with E-state index in [1.807, 2.05) is 4.90 Å². The van der Waals surface area contributed by atoms with E-state index in [4.69, 9.17) is 5.73 Å². The van der Waals surface area contributed by atoms with Crippen molar-refractivity contribution in [2.75, 3.05) is 37.6 Å². The molecule has 8 nitrogen and oxygen atoms in total. The van der Waals surface area contributed by atoms with Gasteiger partial charge >= 0.3 is 0 Å². The summed E-state index contributed by atoms with van der Waals surface area (Å²) in [5.74, 6) is 1.72. The maximum Gasteiger partial charge on any atom is 0.225 e. The van der Waals surface area contributed by atoms with Crippen LogP contribution in [0, 0.1) is 17.8 Å². The summed E-state index contributed by atoms with van der Waals surface area (Å²) in [5.41, 5.74) is 6.22. The fraction of sp³-hybridized carbons (Fsp3) is 0.684. The topological polar surface area (TPSA) is 104 Å². The van der Waals surface area contributed by atoms with Crippen LogP contribution in [0.3, 0.4) is 0 Å². The lowest BCUT2D eigenvalue weighted by Crippen LogP contribution is -2.50. The van der Waals surface area contributed by atoms with Gasteiger partial charge in [0.1, 0.15) is 0 Å². The van der Waals surface area contributed by atoms with Crippen LogP contribution >= 0.6 is 0 Å². The molecular formula is C19H28N6O2. The molecule has 1 aliphatic heterocycles. The normalized spacial score (nSPS) is 29.8. The molecule has 4 atom stereocenters. The molecule has 2 saturated carbocycles. The summed E-state index contributed by atoms with van der Waals surface area (Å²) in [7, 11) is 0. The number of nitrogens with zero attached hydrogens (tertiary/aromatic N) is 4. The Balaban J connectivity index is 1.19. The number of piperazine rings is 1. The van der Waals surface area contributed by atoms with E-state index >= 15 is 0 Å². The second-order valence-electron chi connectivity index (χ2n) is 7.89. The Bertz CT molecular complexity index is 674. The van der Waals surface area contributed by atoms with Crippen LogP contribution in [0.2, 0.25) is 0 Å². The molecule has 4 unspecified atom stereocenters. The largest absolute Gasteiger partial charge is 0.355 e. The molecule has 1 aromatic heterocycles. The van der Waals surface area contributed by atoms with Crippen LogP contribution in [-0.4, -0.2) is 65.4 Å². The highest BCUT2D eigenvalue weighted by Gasteiger charge is 2.48. The van der Waals surface area contributed by atoms with Crippen molar-refractivity contribution in [3.63, 3.8) is 0 Å².